The van der Waals surface area contributed by atoms with E-state index in [9.17, 15) is 9.59 Å². The molecule has 4 atom stereocenters. The second-order valence-corrected chi connectivity index (χ2v) is 9.01. The van der Waals surface area contributed by atoms with Crippen LogP contribution in [0.25, 0.3) is 0 Å². The molecule has 0 heterocycles. The number of rotatable bonds is 5. The second-order valence-electron chi connectivity index (χ2n) is 8.09. The Labute approximate surface area is 175 Å². The highest BCUT2D eigenvalue weighted by molar-refractivity contribution is 9.10. The quantitative estimate of drug-likeness (QED) is 0.471. The fourth-order valence-corrected chi connectivity index (χ4v) is 4.96. The van der Waals surface area contributed by atoms with Gasteiger partial charge in [0, 0.05) is 23.0 Å². The number of esters is 1. The van der Waals surface area contributed by atoms with Gasteiger partial charge in [-0.1, -0.05) is 35.0 Å². The molecule has 3 rings (SSSR count). The molecule has 0 saturated heterocycles. The van der Waals surface area contributed by atoms with Crippen LogP contribution in [-0.4, -0.2) is 25.3 Å². The lowest BCUT2D eigenvalue weighted by Gasteiger charge is -2.51. The minimum Gasteiger partial charge on any atom is -0.466 e. The molecular formula is C22H28BrNO4. The maximum atomic E-state index is 12.2. The summed E-state index contributed by atoms with van der Waals surface area (Å²) in [5, 5.41) is 2.76. The molecule has 0 bridgehead atoms. The van der Waals surface area contributed by atoms with Crippen LogP contribution in [0.5, 0.6) is 0 Å². The molecule has 1 saturated carbocycles. The molecule has 152 valence electrons. The van der Waals surface area contributed by atoms with Gasteiger partial charge in [0.25, 0.3) is 0 Å². The van der Waals surface area contributed by atoms with E-state index in [2.05, 4.69) is 40.3 Å². The topological polar surface area (TPSA) is 64.6 Å². The summed E-state index contributed by atoms with van der Waals surface area (Å²) in [6.45, 7) is 4.46. The SMILES string of the molecule is CC(=O)OC[C@@H]1[C@@H](COC(=O)Nc2ccc(Br)cc2)CC[C@H]2CC=CC[C@@]21C. The van der Waals surface area contributed by atoms with Crippen molar-refractivity contribution in [2.45, 2.75) is 39.5 Å². The Morgan fingerprint density at radius 2 is 1.89 bits per heavy atom. The van der Waals surface area contributed by atoms with Gasteiger partial charge in [-0.15, -0.1) is 0 Å². The summed E-state index contributed by atoms with van der Waals surface area (Å²) in [7, 11) is 0. The van der Waals surface area contributed by atoms with Gasteiger partial charge < -0.3 is 9.47 Å². The maximum absolute atomic E-state index is 12.2. The third-order valence-corrected chi connectivity index (χ3v) is 6.89. The summed E-state index contributed by atoms with van der Waals surface area (Å²) >= 11 is 3.37. The van der Waals surface area contributed by atoms with E-state index in [0.717, 1.165) is 30.2 Å². The van der Waals surface area contributed by atoms with E-state index < -0.39 is 6.09 Å². The first kappa shape index (κ1) is 20.9. The molecule has 5 nitrogen and oxygen atoms in total. The van der Waals surface area contributed by atoms with Gasteiger partial charge in [-0.3, -0.25) is 10.1 Å². The van der Waals surface area contributed by atoms with Crippen LogP contribution < -0.4 is 5.32 Å². The summed E-state index contributed by atoms with van der Waals surface area (Å²) < 4.78 is 11.9. The van der Waals surface area contributed by atoms with Crippen LogP contribution >= 0.6 is 15.9 Å². The van der Waals surface area contributed by atoms with Crippen molar-refractivity contribution in [1.29, 1.82) is 0 Å². The van der Waals surface area contributed by atoms with Crippen molar-refractivity contribution < 1.29 is 19.1 Å². The molecule has 0 aromatic heterocycles. The Morgan fingerprint density at radius 3 is 2.61 bits per heavy atom. The fourth-order valence-electron chi connectivity index (χ4n) is 4.69. The van der Waals surface area contributed by atoms with Crippen LogP contribution in [0.2, 0.25) is 0 Å². The van der Waals surface area contributed by atoms with Crippen LogP contribution in [0.15, 0.2) is 40.9 Å². The van der Waals surface area contributed by atoms with Crippen molar-refractivity contribution in [2.75, 3.05) is 18.5 Å². The smallest absolute Gasteiger partial charge is 0.411 e. The summed E-state index contributed by atoms with van der Waals surface area (Å²) in [5.41, 5.74) is 0.760. The fraction of sp³-hybridized carbons (Fsp3) is 0.545. The molecule has 0 aliphatic heterocycles. The normalized spacial score (nSPS) is 28.9. The maximum Gasteiger partial charge on any atom is 0.411 e. The van der Waals surface area contributed by atoms with Gasteiger partial charge in [0.15, 0.2) is 0 Å². The zero-order chi connectivity index (χ0) is 20.1. The minimum atomic E-state index is -0.454. The predicted octanol–water partition coefficient (Wildman–Crippen LogP) is 5.56. The summed E-state index contributed by atoms with van der Waals surface area (Å²) in [5.74, 6) is 0.693. The molecule has 1 fully saturated rings. The second kappa shape index (κ2) is 9.12. The van der Waals surface area contributed by atoms with Crippen LogP contribution in [0, 0.1) is 23.2 Å². The summed E-state index contributed by atoms with van der Waals surface area (Å²) in [6, 6.07) is 7.36. The molecule has 1 amide bonds. The number of halogens is 1. The molecule has 1 aromatic rings. The number of amides is 1. The van der Waals surface area contributed by atoms with E-state index in [1.807, 2.05) is 24.3 Å². The first-order valence-electron chi connectivity index (χ1n) is 9.86. The van der Waals surface area contributed by atoms with Gasteiger partial charge in [0.2, 0.25) is 0 Å². The lowest BCUT2D eigenvalue weighted by molar-refractivity contribution is -0.148. The van der Waals surface area contributed by atoms with Gasteiger partial charge in [-0.05, 0) is 67.2 Å². The van der Waals surface area contributed by atoms with Crippen LogP contribution in [0.4, 0.5) is 10.5 Å². The lowest BCUT2D eigenvalue weighted by atomic mass is 9.54. The van der Waals surface area contributed by atoms with Gasteiger partial charge >= 0.3 is 12.1 Å². The van der Waals surface area contributed by atoms with E-state index in [-0.39, 0.29) is 23.2 Å². The molecule has 2 aliphatic rings. The molecule has 1 N–H and O–H groups in total. The van der Waals surface area contributed by atoms with Crippen LogP contribution in [0.1, 0.15) is 39.5 Å². The first-order valence-corrected chi connectivity index (χ1v) is 10.7. The Balaban J connectivity index is 1.63. The summed E-state index contributed by atoms with van der Waals surface area (Å²) in [6.07, 6.45) is 8.18. The van der Waals surface area contributed by atoms with Gasteiger partial charge in [0.05, 0.1) is 13.2 Å². The Kier molecular flexibility index (Phi) is 6.81. The first-order chi connectivity index (χ1) is 13.4. The van der Waals surface area contributed by atoms with Crippen molar-refractivity contribution in [1.82, 2.24) is 0 Å². The molecule has 0 spiro atoms. The molecular weight excluding hydrogens is 422 g/mol. The monoisotopic (exact) mass is 449 g/mol. The number of carbonyl (C=O) groups excluding carboxylic acids is 2. The van der Waals surface area contributed by atoms with E-state index in [0.29, 0.717) is 24.8 Å². The average Bonchev–Trinajstić information content (AvgIpc) is 2.66. The van der Waals surface area contributed by atoms with Crippen molar-refractivity contribution in [2.24, 2.45) is 23.2 Å². The number of nitrogens with one attached hydrogen (secondary N) is 1. The third-order valence-electron chi connectivity index (χ3n) is 6.36. The number of anilines is 1. The number of fused-ring (bicyclic) bond motifs is 1. The standard InChI is InChI=1S/C22H28BrNO4/c1-15(25)27-14-20-16(6-7-17-5-3-4-12-22(17,20)2)13-28-21(26)24-19-10-8-18(23)9-11-19/h3-4,8-11,16-17,20H,5-7,12-14H2,1-2H3,(H,24,26)/t16-,17-,20-,22+/m1/s1. The van der Waals surface area contributed by atoms with E-state index in [1.54, 1.807) is 0 Å². The number of hydrogen-bond acceptors (Lipinski definition) is 4. The molecule has 0 unspecified atom stereocenters. The molecule has 6 heteroatoms. The third kappa shape index (κ3) is 4.96. The zero-order valence-corrected chi connectivity index (χ0v) is 18.0. The molecule has 28 heavy (non-hydrogen) atoms. The van der Waals surface area contributed by atoms with E-state index in [1.165, 1.54) is 6.92 Å². The van der Waals surface area contributed by atoms with Crippen LogP contribution in [-0.2, 0) is 14.3 Å². The van der Waals surface area contributed by atoms with Gasteiger partial charge in [-0.25, -0.2) is 4.79 Å². The Morgan fingerprint density at radius 1 is 1.14 bits per heavy atom. The summed E-state index contributed by atoms with van der Waals surface area (Å²) in [4.78, 5) is 23.6. The molecule has 0 radical (unpaired) electrons. The van der Waals surface area contributed by atoms with Gasteiger partial charge in [-0.2, -0.15) is 0 Å². The van der Waals surface area contributed by atoms with Crippen LogP contribution in [0.3, 0.4) is 0 Å². The number of allylic oxidation sites excluding steroid dienone is 2. The van der Waals surface area contributed by atoms with Crippen molar-refractivity contribution in [3.8, 4) is 0 Å². The Hall–Kier alpha value is -1.82. The van der Waals surface area contributed by atoms with E-state index in [4.69, 9.17) is 9.47 Å². The van der Waals surface area contributed by atoms with Crippen molar-refractivity contribution in [3.05, 3.63) is 40.9 Å². The number of carbonyl (C=O) groups is 2. The molecule has 2 aliphatic carbocycles. The van der Waals surface area contributed by atoms with E-state index >= 15 is 0 Å². The highest BCUT2D eigenvalue weighted by Crippen LogP contribution is 2.53. The van der Waals surface area contributed by atoms with Gasteiger partial charge in [0.1, 0.15) is 0 Å². The molecule has 1 aromatic carbocycles. The predicted molar refractivity (Wildman–Crippen MR) is 112 cm³/mol. The van der Waals surface area contributed by atoms with Crippen molar-refractivity contribution in [3.63, 3.8) is 0 Å². The number of benzene rings is 1. The average molecular weight is 450 g/mol. The highest BCUT2D eigenvalue weighted by Gasteiger charge is 2.48. The van der Waals surface area contributed by atoms with Crippen molar-refractivity contribution >= 4 is 33.7 Å². The zero-order valence-electron chi connectivity index (χ0n) is 16.4. The highest BCUT2D eigenvalue weighted by atomic mass is 79.9. The largest absolute Gasteiger partial charge is 0.466 e. The number of ether oxygens (including phenoxy) is 2. The number of hydrogen-bond donors (Lipinski definition) is 1. The lowest BCUT2D eigenvalue weighted by Crippen LogP contribution is -2.48. The minimum absolute atomic E-state index is 0.0681. The Bertz CT molecular complexity index is 733.